The largest absolute Gasteiger partial charge is 0.543 e. The second kappa shape index (κ2) is 8.58. The molecule has 31 heavy (non-hydrogen) atoms. The van der Waals surface area contributed by atoms with Crippen LogP contribution in [0.5, 0.6) is 5.75 Å². The lowest BCUT2D eigenvalue weighted by molar-refractivity contribution is -0.236. The number of nitrogens with zero attached hydrogens (tertiary/aromatic N) is 1. The highest BCUT2D eigenvalue weighted by Crippen LogP contribution is 2.58. The first-order chi connectivity index (χ1) is 14.5. The molecule has 2 aliphatic rings. The SMILES string of the molecule is CCOC(=O)C1(C2(O)CC(c3ccc(O[Si](C(C)C)(C(C)C)C(C)C)cc3)=NO2)CC1. The van der Waals surface area contributed by atoms with Gasteiger partial charge in [-0.25, -0.2) is 0 Å². The van der Waals surface area contributed by atoms with Crippen molar-refractivity contribution in [3.63, 3.8) is 0 Å². The summed E-state index contributed by atoms with van der Waals surface area (Å²) in [5.41, 5.74) is 1.96. The van der Waals surface area contributed by atoms with Crippen molar-refractivity contribution in [1.29, 1.82) is 0 Å². The van der Waals surface area contributed by atoms with Crippen molar-refractivity contribution in [2.45, 2.75) is 90.1 Å². The van der Waals surface area contributed by atoms with Gasteiger partial charge >= 0.3 is 5.97 Å². The summed E-state index contributed by atoms with van der Waals surface area (Å²) in [6.07, 6.45) is 1.25. The van der Waals surface area contributed by atoms with Crippen molar-refractivity contribution in [3.8, 4) is 5.75 Å². The van der Waals surface area contributed by atoms with Gasteiger partial charge in [0.1, 0.15) is 11.2 Å². The lowest BCUT2D eigenvalue weighted by atomic mass is 9.89. The Kier molecular flexibility index (Phi) is 6.59. The first-order valence-corrected chi connectivity index (χ1v) is 13.6. The zero-order valence-corrected chi connectivity index (χ0v) is 20.9. The van der Waals surface area contributed by atoms with Gasteiger partial charge in [-0.15, -0.1) is 0 Å². The molecule has 7 heteroatoms. The molecule has 0 radical (unpaired) electrons. The van der Waals surface area contributed by atoms with E-state index < -0.39 is 25.5 Å². The van der Waals surface area contributed by atoms with Gasteiger partial charge in [0.05, 0.1) is 18.7 Å². The number of benzene rings is 1. The van der Waals surface area contributed by atoms with Crippen LogP contribution in [0.4, 0.5) is 0 Å². The van der Waals surface area contributed by atoms with Gasteiger partial charge in [-0.3, -0.25) is 4.79 Å². The van der Waals surface area contributed by atoms with Crippen molar-refractivity contribution < 1.29 is 23.9 Å². The summed E-state index contributed by atoms with van der Waals surface area (Å²) >= 11 is 0. The monoisotopic (exact) mass is 447 g/mol. The fourth-order valence-corrected chi connectivity index (χ4v) is 10.5. The van der Waals surface area contributed by atoms with E-state index in [0.717, 1.165) is 11.3 Å². The van der Waals surface area contributed by atoms with Crippen LogP contribution >= 0.6 is 0 Å². The minimum atomic E-state index is -2.02. The van der Waals surface area contributed by atoms with Crippen molar-refractivity contribution in [1.82, 2.24) is 0 Å². The van der Waals surface area contributed by atoms with Crippen LogP contribution in [0.2, 0.25) is 16.6 Å². The Morgan fingerprint density at radius 2 is 1.65 bits per heavy atom. The molecule has 1 aromatic carbocycles. The van der Waals surface area contributed by atoms with E-state index in [9.17, 15) is 9.90 Å². The second-order valence-corrected chi connectivity index (χ2v) is 15.2. The molecule has 0 spiro atoms. The minimum Gasteiger partial charge on any atom is -0.543 e. The summed E-state index contributed by atoms with van der Waals surface area (Å²) in [5, 5.41) is 15.2. The maximum Gasteiger partial charge on any atom is 0.318 e. The molecule has 0 aromatic heterocycles. The predicted octanol–water partition coefficient (Wildman–Crippen LogP) is 5.40. The van der Waals surface area contributed by atoms with E-state index in [1.807, 2.05) is 24.3 Å². The molecule has 6 nitrogen and oxygen atoms in total. The highest BCUT2D eigenvalue weighted by molar-refractivity contribution is 6.78. The Labute approximate surface area is 187 Å². The van der Waals surface area contributed by atoms with Crippen LogP contribution in [-0.4, -0.2) is 37.5 Å². The maximum atomic E-state index is 12.4. The molecule has 1 saturated carbocycles. The number of aliphatic hydroxyl groups is 1. The number of oxime groups is 1. The highest BCUT2D eigenvalue weighted by atomic mass is 28.4. The molecule has 0 amide bonds. The van der Waals surface area contributed by atoms with Crippen LogP contribution in [0.15, 0.2) is 29.4 Å². The molecule has 172 valence electrons. The van der Waals surface area contributed by atoms with Crippen LogP contribution in [0.3, 0.4) is 0 Å². The van der Waals surface area contributed by atoms with Gasteiger partial charge in [0.25, 0.3) is 14.1 Å². The van der Waals surface area contributed by atoms with Gasteiger partial charge in [0, 0.05) is 0 Å². The van der Waals surface area contributed by atoms with Gasteiger partial charge in [-0.1, -0.05) is 46.7 Å². The molecule has 1 aliphatic carbocycles. The summed E-state index contributed by atoms with van der Waals surface area (Å²) in [7, 11) is -2.02. The van der Waals surface area contributed by atoms with Gasteiger partial charge in [0.2, 0.25) is 0 Å². The fourth-order valence-electron chi connectivity index (χ4n) is 5.25. The number of hydrogen-bond donors (Lipinski definition) is 1. The second-order valence-electron chi connectivity index (χ2n) is 9.84. The normalized spacial score (nSPS) is 22.5. The third-order valence-electron chi connectivity index (χ3n) is 7.07. The van der Waals surface area contributed by atoms with E-state index in [2.05, 4.69) is 46.7 Å². The average molecular weight is 448 g/mol. The molecule has 1 unspecified atom stereocenters. The third kappa shape index (κ3) is 4.02. The Morgan fingerprint density at radius 3 is 2.10 bits per heavy atom. The summed E-state index contributed by atoms with van der Waals surface area (Å²) in [6, 6.07) is 7.85. The summed E-state index contributed by atoms with van der Waals surface area (Å²) in [6.45, 7) is 15.6. The quantitative estimate of drug-likeness (QED) is 0.405. The summed E-state index contributed by atoms with van der Waals surface area (Å²) < 4.78 is 11.9. The number of carbonyl (C=O) groups excluding carboxylic acids is 1. The molecule has 1 atom stereocenters. The van der Waals surface area contributed by atoms with Crippen LogP contribution in [-0.2, 0) is 14.4 Å². The van der Waals surface area contributed by atoms with Crippen LogP contribution < -0.4 is 4.43 Å². The molecule has 0 saturated heterocycles. The van der Waals surface area contributed by atoms with Crippen molar-refractivity contribution in [2.24, 2.45) is 10.6 Å². The first-order valence-electron chi connectivity index (χ1n) is 11.5. The maximum absolute atomic E-state index is 12.4. The number of esters is 1. The van der Waals surface area contributed by atoms with Crippen molar-refractivity contribution >= 4 is 20.0 Å². The zero-order chi connectivity index (χ0) is 23.0. The van der Waals surface area contributed by atoms with E-state index in [1.54, 1.807) is 6.92 Å². The molecule has 0 bridgehead atoms. The molecular formula is C24H37NO5Si. The van der Waals surface area contributed by atoms with Gasteiger partial charge < -0.3 is 19.1 Å². The Morgan fingerprint density at radius 1 is 1.10 bits per heavy atom. The van der Waals surface area contributed by atoms with E-state index >= 15 is 0 Å². The predicted molar refractivity (Wildman–Crippen MR) is 124 cm³/mol. The Bertz CT molecular complexity index is 807. The van der Waals surface area contributed by atoms with Crippen molar-refractivity contribution in [2.75, 3.05) is 6.61 Å². The van der Waals surface area contributed by atoms with Crippen molar-refractivity contribution in [3.05, 3.63) is 29.8 Å². The summed E-state index contributed by atoms with van der Waals surface area (Å²) in [4.78, 5) is 17.8. The zero-order valence-electron chi connectivity index (χ0n) is 19.9. The number of rotatable bonds is 9. The third-order valence-corrected chi connectivity index (χ3v) is 13.1. The lowest BCUT2D eigenvalue weighted by Gasteiger charge is -2.42. The Balaban J connectivity index is 1.75. The van der Waals surface area contributed by atoms with Gasteiger partial charge in [-0.05, 0) is 66.2 Å². The Hall–Kier alpha value is -1.86. The summed E-state index contributed by atoms with van der Waals surface area (Å²) in [5.74, 6) is -1.18. The number of ether oxygens (including phenoxy) is 1. The molecule has 3 rings (SSSR count). The average Bonchev–Trinajstić information content (AvgIpc) is 3.44. The molecule has 1 aliphatic heterocycles. The lowest BCUT2D eigenvalue weighted by Crippen LogP contribution is -2.50. The molecule has 1 N–H and O–H groups in total. The van der Waals surface area contributed by atoms with Gasteiger partial charge in [-0.2, -0.15) is 0 Å². The van der Waals surface area contributed by atoms with Crippen LogP contribution in [0.25, 0.3) is 0 Å². The number of hydrogen-bond acceptors (Lipinski definition) is 6. The molecule has 1 heterocycles. The standard InChI is InChI=1S/C24H37NO5Si/c1-8-28-22(26)23(13-14-23)24(27)15-21(25-30-24)19-9-11-20(12-10-19)29-31(16(2)3,17(4)5)18(6)7/h9-12,16-18,27H,8,13-15H2,1-7H3. The van der Waals surface area contributed by atoms with E-state index in [0.29, 0.717) is 35.2 Å². The van der Waals surface area contributed by atoms with E-state index in [1.165, 1.54) is 0 Å². The molecule has 1 fully saturated rings. The van der Waals surface area contributed by atoms with E-state index in [-0.39, 0.29) is 13.0 Å². The van der Waals surface area contributed by atoms with Crippen LogP contribution in [0, 0.1) is 5.41 Å². The van der Waals surface area contributed by atoms with E-state index in [4.69, 9.17) is 14.0 Å². The first kappa shape index (κ1) is 23.8. The molecular weight excluding hydrogens is 410 g/mol. The fraction of sp³-hybridized carbons (Fsp3) is 0.667. The topological polar surface area (TPSA) is 77.4 Å². The van der Waals surface area contributed by atoms with Crippen LogP contribution in [0.1, 0.15) is 73.3 Å². The highest BCUT2D eigenvalue weighted by Gasteiger charge is 2.69. The smallest absolute Gasteiger partial charge is 0.318 e. The minimum absolute atomic E-state index is 0.161. The number of carbonyl (C=O) groups is 1. The van der Waals surface area contributed by atoms with Gasteiger partial charge in [0.15, 0.2) is 0 Å². The molecule has 1 aromatic rings.